The van der Waals surface area contributed by atoms with Gasteiger partial charge in [-0.25, -0.2) is 4.79 Å². The van der Waals surface area contributed by atoms with Crippen LogP contribution in [0.2, 0.25) is 0 Å². The van der Waals surface area contributed by atoms with Crippen molar-refractivity contribution >= 4 is 26.8 Å². The smallest absolute Gasteiger partial charge is 0.294 e. The van der Waals surface area contributed by atoms with Crippen LogP contribution in [0.4, 0.5) is 0 Å². The fourth-order valence-corrected chi connectivity index (χ4v) is 2.95. The van der Waals surface area contributed by atoms with Crippen LogP contribution < -0.4 is 11.2 Å². The maximum atomic E-state index is 12.2. The normalized spacial score (nSPS) is 11.2. The quantitative estimate of drug-likeness (QED) is 0.526. The fraction of sp³-hybridized carbons (Fsp3) is 0. The number of nitrogens with zero attached hydrogens (tertiary/aromatic N) is 2. The van der Waals surface area contributed by atoms with E-state index in [1.807, 2.05) is 53.1 Å². The van der Waals surface area contributed by atoms with Crippen molar-refractivity contribution in [3.8, 4) is 17.1 Å². The number of pyridine rings is 1. The summed E-state index contributed by atoms with van der Waals surface area (Å²) < 4.78 is 2.77. The lowest BCUT2D eigenvalue weighted by molar-refractivity contribution is 0.959. The summed E-state index contributed by atoms with van der Waals surface area (Å²) in [7, 11) is 0. The molecular formula is C17H10BrN3O2. The standard InChI is InChI=1S/C17H10BrN3O2/c18-11-5-7-12(8-6-11)21-14-4-2-1-3-10(14)9-13-15(21)19-17(23)20-16(13)22/h1-9H,(H,20,22,23). The molecule has 2 heterocycles. The third kappa shape index (κ3) is 2.27. The van der Waals surface area contributed by atoms with Gasteiger partial charge in [0.15, 0.2) is 5.82 Å². The number of para-hydroxylation sites is 1. The molecule has 5 nitrogen and oxygen atoms in total. The molecule has 6 heteroatoms. The van der Waals surface area contributed by atoms with Gasteiger partial charge in [-0.15, -0.1) is 0 Å². The Balaban J connectivity index is 2.23. The Bertz CT molecular complexity index is 1110. The zero-order valence-corrected chi connectivity index (χ0v) is 13.4. The number of hydrogen-bond acceptors (Lipinski definition) is 3. The summed E-state index contributed by atoms with van der Waals surface area (Å²) in [5, 5.41) is 0.897. The molecule has 0 aromatic heterocycles. The van der Waals surface area contributed by atoms with Gasteiger partial charge in [0.05, 0.1) is 11.1 Å². The minimum atomic E-state index is -0.649. The molecule has 112 valence electrons. The van der Waals surface area contributed by atoms with Gasteiger partial charge in [-0.3, -0.25) is 14.3 Å². The predicted octanol–water partition coefficient (Wildman–Crippen LogP) is 2.94. The molecule has 0 saturated carbocycles. The molecule has 0 saturated heterocycles. The molecule has 0 unspecified atom stereocenters. The Kier molecular flexibility index (Phi) is 3.12. The zero-order chi connectivity index (χ0) is 16.0. The molecule has 0 amide bonds. The van der Waals surface area contributed by atoms with Gasteiger partial charge in [0.1, 0.15) is 0 Å². The number of aromatic amines is 1. The number of H-pyrrole nitrogens is 1. The summed E-state index contributed by atoms with van der Waals surface area (Å²) in [6.07, 6.45) is 0. The summed E-state index contributed by atoms with van der Waals surface area (Å²) in [4.78, 5) is 30.1. The Morgan fingerprint density at radius 1 is 1.00 bits per heavy atom. The van der Waals surface area contributed by atoms with Crippen LogP contribution in [0.1, 0.15) is 0 Å². The van der Waals surface area contributed by atoms with Gasteiger partial charge >= 0.3 is 5.69 Å². The molecule has 0 spiro atoms. The third-order valence-corrected chi connectivity index (χ3v) is 4.22. The second-order valence-electron chi connectivity index (χ2n) is 5.12. The van der Waals surface area contributed by atoms with E-state index in [-0.39, 0.29) is 0 Å². The van der Waals surface area contributed by atoms with Crippen molar-refractivity contribution in [2.45, 2.75) is 0 Å². The highest BCUT2D eigenvalue weighted by molar-refractivity contribution is 9.10. The third-order valence-electron chi connectivity index (χ3n) is 3.69. The first-order chi connectivity index (χ1) is 11.1. The van der Waals surface area contributed by atoms with Gasteiger partial charge in [-0.05, 0) is 41.8 Å². The molecule has 0 aliphatic carbocycles. The van der Waals surface area contributed by atoms with E-state index in [1.165, 1.54) is 0 Å². The van der Waals surface area contributed by atoms with Crippen molar-refractivity contribution in [1.29, 1.82) is 0 Å². The van der Waals surface area contributed by atoms with Crippen LogP contribution in [-0.2, 0) is 0 Å². The molecular weight excluding hydrogens is 358 g/mol. The Morgan fingerprint density at radius 2 is 1.74 bits per heavy atom. The van der Waals surface area contributed by atoms with E-state index >= 15 is 0 Å². The van der Waals surface area contributed by atoms with Crippen LogP contribution >= 0.6 is 15.9 Å². The summed E-state index contributed by atoms with van der Waals surface area (Å²) >= 11 is 3.41. The summed E-state index contributed by atoms with van der Waals surface area (Å²) in [6.45, 7) is 0. The van der Waals surface area contributed by atoms with Gasteiger partial charge in [-0.1, -0.05) is 34.1 Å². The number of rotatable bonds is 1. The molecule has 23 heavy (non-hydrogen) atoms. The highest BCUT2D eigenvalue weighted by atomic mass is 79.9. The highest BCUT2D eigenvalue weighted by Gasteiger charge is 2.17. The van der Waals surface area contributed by atoms with Gasteiger partial charge in [0.25, 0.3) is 5.56 Å². The van der Waals surface area contributed by atoms with Crippen molar-refractivity contribution in [1.82, 2.24) is 14.5 Å². The molecule has 0 radical (unpaired) electrons. The average molecular weight is 368 g/mol. The molecule has 0 fully saturated rings. The molecule has 2 aromatic rings. The maximum Gasteiger partial charge on any atom is 0.349 e. The van der Waals surface area contributed by atoms with Gasteiger partial charge in [0, 0.05) is 10.2 Å². The zero-order valence-electron chi connectivity index (χ0n) is 11.8. The van der Waals surface area contributed by atoms with Crippen LogP contribution in [0.3, 0.4) is 0 Å². The van der Waals surface area contributed by atoms with Crippen LogP contribution in [0.15, 0.2) is 68.7 Å². The minimum absolute atomic E-state index is 0.347. The fourth-order valence-electron chi connectivity index (χ4n) is 2.69. The Morgan fingerprint density at radius 3 is 2.52 bits per heavy atom. The van der Waals surface area contributed by atoms with Crippen LogP contribution in [0.5, 0.6) is 0 Å². The minimum Gasteiger partial charge on any atom is -0.294 e. The lowest BCUT2D eigenvalue weighted by atomic mass is 10.1. The summed E-state index contributed by atoms with van der Waals surface area (Å²) in [5.41, 5.74) is 0.999. The summed E-state index contributed by atoms with van der Waals surface area (Å²) in [6, 6.07) is 17.1. The lowest BCUT2D eigenvalue weighted by Crippen LogP contribution is -2.27. The Hall–Kier alpha value is -2.73. The largest absolute Gasteiger partial charge is 0.349 e. The van der Waals surface area contributed by atoms with Crippen LogP contribution in [-0.4, -0.2) is 14.5 Å². The van der Waals surface area contributed by atoms with Gasteiger partial charge in [-0.2, -0.15) is 4.98 Å². The van der Waals surface area contributed by atoms with Crippen molar-refractivity contribution in [3.63, 3.8) is 0 Å². The molecule has 4 rings (SSSR count). The van der Waals surface area contributed by atoms with E-state index in [0.29, 0.717) is 11.4 Å². The molecule has 2 aliphatic rings. The van der Waals surface area contributed by atoms with Crippen molar-refractivity contribution in [2.24, 2.45) is 0 Å². The topological polar surface area (TPSA) is 67.8 Å². The SMILES string of the molecule is O=c1nc2n(-c3ccc(Br)cc3)c3ccccc3cc-2c(=O)[nH]1. The first-order valence-corrected chi connectivity index (χ1v) is 7.73. The maximum absolute atomic E-state index is 12.2. The molecule has 0 bridgehead atoms. The second-order valence-corrected chi connectivity index (χ2v) is 6.04. The number of hydrogen-bond donors (Lipinski definition) is 1. The van der Waals surface area contributed by atoms with Crippen LogP contribution in [0.25, 0.3) is 28.0 Å². The van der Waals surface area contributed by atoms with Crippen molar-refractivity contribution in [3.05, 3.63) is 79.9 Å². The molecule has 1 N–H and O–H groups in total. The first-order valence-electron chi connectivity index (χ1n) is 6.94. The first kappa shape index (κ1) is 13.9. The second kappa shape index (κ2) is 5.17. The Labute approximate surface area is 138 Å². The van der Waals surface area contributed by atoms with Crippen molar-refractivity contribution < 1.29 is 0 Å². The predicted molar refractivity (Wildman–Crippen MR) is 92.3 cm³/mol. The van der Waals surface area contributed by atoms with E-state index in [1.54, 1.807) is 6.07 Å². The van der Waals surface area contributed by atoms with E-state index < -0.39 is 11.2 Å². The van der Waals surface area contributed by atoms with Gasteiger partial charge in [0.2, 0.25) is 0 Å². The average Bonchev–Trinajstić information content (AvgIpc) is 2.54. The van der Waals surface area contributed by atoms with E-state index in [2.05, 4.69) is 25.9 Å². The van der Waals surface area contributed by atoms with Crippen LogP contribution in [0, 0.1) is 0 Å². The summed E-state index contributed by atoms with van der Waals surface area (Å²) in [5.74, 6) is 0.347. The lowest BCUT2D eigenvalue weighted by Gasteiger charge is -2.17. The van der Waals surface area contributed by atoms with E-state index in [4.69, 9.17) is 0 Å². The van der Waals surface area contributed by atoms with Gasteiger partial charge < -0.3 is 0 Å². The molecule has 2 aromatic carbocycles. The van der Waals surface area contributed by atoms with E-state index in [0.717, 1.165) is 21.1 Å². The number of halogens is 1. The number of benzene rings is 2. The number of aromatic nitrogens is 3. The molecule has 2 aliphatic heterocycles. The number of fused-ring (bicyclic) bond motifs is 2. The van der Waals surface area contributed by atoms with Crippen molar-refractivity contribution in [2.75, 3.05) is 0 Å². The number of nitrogens with one attached hydrogen (secondary N) is 1. The highest BCUT2D eigenvalue weighted by Crippen LogP contribution is 2.27. The van der Waals surface area contributed by atoms with E-state index in [9.17, 15) is 9.59 Å². The monoisotopic (exact) mass is 367 g/mol. The molecule has 0 atom stereocenters.